The van der Waals surface area contributed by atoms with Gasteiger partial charge in [-0.15, -0.1) is 21.5 Å². The minimum Gasteiger partial charge on any atom is -0.341 e. The molecule has 2 aliphatic carbocycles. The average Bonchev–Trinajstić information content (AvgIpc) is 3.54. The summed E-state index contributed by atoms with van der Waals surface area (Å²) >= 11 is 3.06. The Morgan fingerprint density at radius 3 is 2.66 bits per heavy atom. The van der Waals surface area contributed by atoms with Crippen molar-refractivity contribution in [2.45, 2.75) is 87.6 Å². The smallest absolute Gasteiger partial charge is 0.238 e. The highest BCUT2D eigenvalue weighted by atomic mass is 32.2. The molecule has 170 valence electrons. The summed E-state index contributed by atoms with van der Waals surface area (Å²) in [5.74, 6) is 0.892. The number of piperidine rings is 1. The van der Waals surface area contributed by atoms with Crippen molar-refractivity contribution in [2.24, 2.45) is 0 Å². The fourth-order valence-electron chi connectivity index (χ4n) is 4.69. The zero-order chi connectivity index (χ0) is 22.1. The maximum Gasteiger partial charge on any atom is 0.238 e. The Labute approximate surface area is 197 Å². The lowest BCUT2D eigenvalue weighted by Gasteiger charge is -2.28. The summed E-state index contributed by atoms with van der Waals surface area (Å²) < 4.78 is 2.26. The SMILES string of the molecule is CC(Sc1nnc(N2CCCCC2)n1C1CC1)C(=O)Nc1sc2c(c1C#N)CCCCC2. The third-order valence-electron chi connectivity index (χ3n) is 6.62. The van der Waals surface area contributed by atoms with Crippen molar-refractivity contribution in [3.05, 3.63) is 16.0 Å². The van der Waals surface area contributed by atoms with Crippen LogP contribution in [0.4, 0.5) is 10.9 Å². The third kappa shape index (κ3) is 4.40. The summed E-state index contributed by atoms with van der Waals surface area (Å²) in [6, 6.07) is 2.81. The van der Waals surface area contributed by atoms with E-state index in [1.54, 1.807) is 11.3 Å². The number of hydrogen-bond acceptors (Lipinski definition) is 7. The van der Waals surface area contributed by atoms with Crippen LogP contribution in [0.5, 0.6) is 0 Å². The summed E-state index contributed by atoms with van der Waals surface area (Å²) in [5, 5.41) is 23.0. The maximum absolute atomic E-state index is 13.1. The van der Waals surface area contributed by atoms with E-state index in [1.807, 2.05) is 6.92 Å². The Morgan fingerprint density at radius 2 is 1.91 bits per heavy atom. The zero-order valence-electron chi connectivity index (χ0n) is 18.6. The summed E-state index contributed by atoms with van der Waals surface area (Å²) in [6.45, 7) is 3.98. The van der Waals surface area contributed by atoms with Gasteiger partial charge in [-0.3, -0.25) is 9.36 Å². The van der Waals surface area contributed by atoms with Crippen LogP contribution >= 0.6 is 23.1 Å². The van der Waals surface area contributed by atoms with Gasteiger partial charge in [0.25, 0.3) is 0 Å². The molecule has 2 fully saturated rings. The number of nitrogens with zero attached hydrogens (tertiary/aromatic N) is 5. The monoisotopic (exact) mass is 470 g/mol. The van der Waals surface area contributed by atoms with Crippen LogP contribution < -0.4 is 10.2 Å². The highest BCUT2D eigenvalue weighted by Crippen LogP contribution is 2.42. The topological polar surface area (TPSA) is 86.8 Å². The van der Waals surface area contributed by atoms with Gasteiger partial charge < -0.3 is 10.2 Å². The molecule has 2 aromatic rings. The van der Waals surface area contributed by atoms with Crippen LogP contribution in [-0.2, 0) is 17.6 Å². The van der Waals surface area contributed by atoms with Gasteiger partial charge in [-0.1, -0.05) is 18.2 Å². The highest BCUT2D eigenvalue weighted by molar-refractivity contribution is 8.00. The van der Waals surface area contributed by atoms with E-state index in [2.05, 4.69) is 31.1 Å². The van der Waals surface area contributed by atoms with E-state index in [1.165, 1.54) is 42.3 Å². The predicted molar refractivity (Wildman–Crippen MR) is 129 cm³/mol. The minimum atomic E-state index is -0.320. The number of thiophene rings is 1. The van der Waals surface area contributed by atoms with Gasteiger partial charge >= 0.3 is 0 Å². The van der Waals surface area contributed by atoms with Crippen molar-refractivity contribution in [3.63, 3.8) is 0 Å². The number of hydrogen-bond donors (Lipinski definition) is 1. The van der Waals surface area contributed by atoms with Crippen LogP contribution in [0.1, 0.15) is 80.3 Å². The molecule has 3 heterocycles. The predicted octanol–water partition coefficient (Wildman–Crippen LogP) is 4.92. The molecule has 1 amide bonds. The van der Waals surface area contributed by atoms with Crippen LogP contribution in [0.15, 0.2) is 5.16 Å². The molecule has 1 saturated carbocycles. The van der Waals surface area contributed by atoms with Gasteiger partial charge in [-0.05, 0) is 70.3 Å². The second-order valence-corrected chi connectivity index (χ2v) is 11.5. The Bertz CT molecular complexity index is 1030. The molecule has 2 aromatic heterocycles. The van der Waals surface area contributed by atoms with Gasteiger partial charge in [0.15, 0.2) is 5.16 Å². The lowest BCUT2D eigenvalue weighted by Crippen LogP contribution is -2.32. The molecule has 1 unspecified atom stereocenters. The van der Waals surface area contributed by atoms with Crippen LogP contribution in [0.25, 0.3) is 0 Å². The molecule has 5 rings (SSSR count). The van der Waals surface area contributed by atoms with E-state index in [4.69, 9.17) is 0 Å². The minimum absolute atomic E-state index is 0.0761. The number of aromatic nitrogens is 3. The molecule has 3 aliphatic rings. The molecule has 32 heavy (non-hydrogen) atoms. The van der Waals surface area contributed by atoms with E-state index < -0.39 is 0 Å². The Kier molecular flexibility index (Phi) is 6.42. The summed E-state index contributed by atoms with van der Waals surface area (Å²) in [6.07, 6.45) is 11.4. The number of carbonyl (C=O) groups excluding carboxylic acids is 1. The number of amides is 1. The standard InChI is InChI=1S/C23H30N6OS2/c1-15(20(30)25-21-18(14-24)17-8-4-2-5-9-19(17)32-21)31-23-27-26-22(29(23)16-10-11-16)28-12-6-3-7-13-28/h15-16H,2-13H2,1H3,(H,25,30). The molecule has 0 aromatic carbocycles. The summed E-state index contributed by atoms with van der Waals surface area (Å²) in [5.41, 5.74) is 1.83. The normalized spacial score (nSPS) is 19.7. The van der Waals surface area contributed by atoms with E-state index >= 15 is 0 Å². The molecule has 7 nitrogen and oxygen atoms in total. The first-order valence-corrected chi connectivity index (χ1v) is 13.6. The third-order valence-corrected chi connectivity index (χ3v) is 8.88. The molecule has 1 saturated heterocycles. The first kappa shape index (κ1) is 21.8. The number of nitriles is 1. The van der Waals surface area contributed by atoms with E-state index in [9.17, 15) is 10.1 Å². The lowest BCUT2D eigenvalue weighted by atomic mass is 10.1. The van der Waals surface area contributed by atoms with Crippen LogP contribution in [0.3, 0.4) is 0 Å². The van der Waals surface area contributed by atoms with Gasteiger partial charge in [-0.25, -0.2) is 0 Å². The largest absolute Gasteiger partial charge is 0.341 e. The molecule has 1 atom stereocenters. The number of rotatable bonds is 6. The van der Waals surface area contributed by atoms with Crippen LogP contribution in [0, 0.1) is 11.3 Å². The quantitative estimate of drug-likeness (QED) is 0.476. The molecule has 0 spiro atoms. The summed E-state index contributed by atoms with van der Waals surface area (Å²) in [7, 11) is 0. The number of anilines is 2. The van der Waals surface area contributed by atoms with Crippen LogP contribution in [-0.4, -0.2) is 39.0 Å². The van der Waals surface area contributed by atoms with E-state index in [0.717, 1.165) is 73.3 Å². The Morgan fingerprint density at radius 1 is 1.16 bits per heavy atom. The molecular formula is C23H30N6OS2. The molecule has 0 bridgehead atoms. The lowest BCUT2D eigenvalue weighted by molar-refractivity contribution is -0.115. The molecular weight excluding hydrogens is 440 g/mol. The van der Waals surface area contributed by atoms with E-state index in [0.29, 0.717) is 11.6 Å². The number of thioether (sulfide) groups is 1. The Hall–Kier alpha value is -2.05. The highest BCUT2D eigenvalue weighted by Gasteiger charge is 2.33. The van der Waals surface area contributed by atoms with Crippen molar-refractivity contribution in [1.82, 2.24) is 14.8 Å². The fraction of sp³-hybridized carbons (Fsp3) is 0.652. The number of aryl methyl sites for hydroxylation is 1. The molecule has 9 heteroatoms. The van der Waals surface area contributed by atoms with Gasteiger partial charge in [0.1, 0.15) is 11.1 Å². The molecule has 1 aliphatic heterocycles. The Balaban J connectivity index is 1.31. The molecule has 0 radical (unpaired) electrons. The summed E-state index contributed by atoms with van der Waals surface area (Å²) in [4.78, 5) is 16.7. The van der Waals surface area contributed by atoms with E-state index in [-0.39, 0.29) is 11.2 Å². The van der Waals surface area contributed by atoms with Crippen molar-refractivity contribution in [1.29, 1.82) is 5.26 Å². The second-order valence-electron chi connectivity index (χ2n) is 9.06. The first-order valence-electron chi connectivity index (χ1n) is 11.9. The van der Waals surface area contributed by atoms with Gasteiger partial charge in [-0.2, -0.15) is 5.26 Å². The van der Waals surface area contributed by atoms with Crippen molar-refractivity contribution in [3.8, 4) is 6.07 Å². The fourth-order valence-corrected chi connectivity index (χ4v) is 6.84. The zero-order valence-corrected chi connectivity index (χ0v) is 20.2. The first-order chi connectivity index (χ1) is 15.7. The van der Waals surface area contributed by atoms with Crippen molar-refractivity contribution in [2.75, 3.05) is 23.3 Å². The number of fused-ring (bicyclic) bond motifs is 1. The maximum atomic E-state index is 13.1. The average molecular weight is 471 g/mol. The number of nitrogens with one attached hydrogen (secondary N) is 1. The second kappa shape index (κ2) is 9.44. The van der Waals surface area contributed by atoms with Crippen LogP contribution in [0.2, 0.25) is 0 Å². The van der Waals surface area contributed by atoms with Crippen molar-refractivity contribution < 1.29 is 4.79 Å². The van der Waals surface area contributed by atoms with Gasteiger partial charge in [0.2, 0.25) is 11.9 Å². The molecule has 1 N–H and O–H groups in total. The van der Waals surface area contributed by atoms with Gasteiger partial charge in [0, 0.05) is 24.0 Å². The van der Waals surface area contributed by atoms with Gasteiger partial charge in [0.05, 0.1) is 10.8 Å². The van der Waals surface area contributed by atoms with Crippen molar-refractivity contribution >= 4 is 40.0 Å². The number of carbonyl (C=O) groups is 1.